The van der Waals surface area contributed by atoms with Gasteiger partial charge in [0, 0.05) is 25.4 Å². The Labute approximate surface area is 87.3 Å². The minimum Gasteiger partial charge on any atom is -0.326 e. The minimum atomic E-state index is -0.271. The Morgan fingerprint density at radius 2 is 2.20 bits per heavy atom. The molecule has 2 rings (SSSR count). The van der Waals surface area contributed by atoms with Gasteiger partial charge in [0.05, 0.1) is 5.69 Å². The van der Waals surface area contributed by atoms with Crippen molar-refractivity contribution >= 4 is 0 Å². The zero-order valence-corrected chi connectivity index (χ0v) is 8.44. The molecule has 15 heavy (non-hydrogen) atoms. The largest absolute Gasteiger partial charge is 0.326 e. The molecular formula is C11H12FN3. The van der Waals surface area contributed by atoms with Gasteiger partial charge >= 0.3 is 0 Å². The molecule has 0 atom stereocenters. The average molecular weight is 205 g/mol. The van der Waals surface area contributed by atoms with E-state index in [-0.39, 0.29) is 5.82 Å². The fraction of sp³-hybridized carbons (Fsp3) is 0.182. The summed E-state index contributed by atoms with van der Waals surface area (Å²) in [5.41, 5.74) is 8.00. The maximum absolute atomic E-state index is 13.1. The summed E-state index contributed by atoms with van der Waals surface area (Å²) in [5.74, 6) is -0.271. The Kier molecular flexibility index (Phi) is 2.51. The van der Waals surface area contributed by atoms with Crippen molar-refractivity contribution in [2.24, 2.45) is 12.8 Å². The molecule has 0 amide bonds. The van der Waals surface area contributed by atoms with Crippen molar-refractivity contribution in [2.45, 2.75) is 6.54 Å². The van der Waals surface area contributed by atoms with Crippen molar-refractivity contribution in [1.29, 1.82) is 0 Å². The summed E-state index contributed by atoms with van der Waals surface area (Å²) in [7, 11) is 1.82. The third-order valence-corrected chi connectivity index (χ3v) is 2.28. The van der Waals surface area contributed by atoms with Gasteiger partial charge in [-0.05, 0) is 23.8 Å². The van der Waals surface area contributed by atoms with E-state index in [1.807, 2.05) is 19.3 Å². The number of nitrogens with zero attached hydrogens (tertiary/aromatic N) is 2. The lowest BCUT2D eigenvalue weighted by atomic mass is 10.0. The predicted octanol–water partition coefficient (Wildman–Crippen LogP) is 1.68. The van der Waals surface area contributed by atoms with Gasteiger partial charge in [-0.2, -0.15) is 5.10 Å². The van der Waals surface area contributed by atoms with Crippen LogP contribution in [0.3, 0.4) is 0 Å². The van der Waals surface area contributed by atoms with E-state index in [0.717, 1.165) is 16.8 Å². The number of hydrogen-bond donors (Lipinski definition) is 1. The lowest BCUT2D eigenvalue weighted by Crippen LogP contribution is -2.00. The van der Waals surface area contributed by atoms with Crippen molar-refractivity contribution in [3.8, 4) is 11.3 Å². The number of aromatic nitrogens is 2. The monoisotopic (exact) mass is 205 g/mol. The van der Waals surface area contributed by atoms with E-state index in [2.05, 4.69) is 5.10 Å². The number of halogens is 1. The summed E-state index contributed by atoms with van der Waals surface area (Å²) in [5, 5.41) is 4.23. The highest BCUT2D eigenvalue weighted by Gasteiger charge is 2.07. The SMILES string of the molecule is Cn1ccc(-c2cc(F)ccc2CN)n1. The Bertz CT molecular complexity index is 476. The molecule has 0 spiro atoms. The first kappa shape index (κ1) is 9.86. The summed E-state index contributed by atoms with van der Waals surface area (Å²) in [6, 6.07) is 6.41. The van der Waals surface area contributed by atoms with Crippen LogP contribution in [0.1, 0.15) is 5.56 Å². The summed E-state index contributed by atoms with van der Waals surface area (Å²) in [6.45, 7) is 0.381. The molecule has 0 aliphatic rings. The fourth-order valence-electron chi connectivity index (χ4n) is 1.52. The first-order valence-corrected chi connectivity index (χ1v) is 4.69. The molecule has 1 aromatic heterocycles. The maximum atomic E-state index is 13.1. The van der Waals surface area contributed by atoms with Gasteiger partial charge in [-0.25, -0.2) is 4.39 Å². The van der Waals surface area contributed by atoms with E-state index in [1.165, 1.54) is 12.1 Å². The van der Waals surface area contributed by atoms with Crippen LogP contribution in [0.2, 0.25) is 0 Å². The van der Waals surface area contributed by atoms with Gasteiger partial charge in [0.15, 0.2) is 0 Å². The maximum Gasteiger partial charge on any atom is 0.123 e. The first-order chi connectivity index (χ1) is 7.20. The number of rotatable bonds is 2. The van der Waals surface area contributed by atoms with Gasteiger partial charge in [0.1, 0.15) is 5.82 Å². The molecule has 0 saturated heterocycles. The van der Waals surface area contributed by atoms with E-state index < -0.39 is 0 Å². The highest BCUT2D eigenvalue weighted by atomic mass is 19.1. The second-order valence-corrected chi connectivity index (χ2v) is 3.38. The van der Waals surface area contributed by atoms with Crippen LogP contribution in [0, 0.1) is 5.82 Å². The highest BCUT2D eigenvalue weighted by molar-refractivity contribution is 5.63. The van der Waals surface area contributed by atoms with Crippen LogP contribution in [0.5, 0.6) is 0 Å². The van der Waals surface area contributed by atoms with Crippen LogP contribution in [0.4, 0.5) is 4.39 Å². The molecular weight excluding hydrogens is 193 g/mol. The Morgan fingerprint density at radius 1 is 1.40 bits per heavy atom. The number of hydrogen-bond acceptors (Lipinski definition) is 2. The standard InChI is InChI=1S/C11H12FN3/c1-15-5-4-11(14-15)10-6-9(12)3-2-8(10)7-13/h2-6H,7,13H2,1H3. The van der Waals surface area contributed by atoms with Gasteiger partial charge in [-0.15, -0.1) is 0 Å². The van der Waals surface area contributed by atoms with Crippen molar-refractivity contribution in [1.82, 2.24) is 9.78 Å². The summed E-state index contributed by atoms with van der Waals surface area (Å²) < 4.78 is 14.8. The van der Waals surface area contributed by atoms with Crippen LogP contribution in [0.25, 0.3) is 11.3 Å². The quantitative estimate of drug-likeness (QED) is 0.810. The fourth-order valence-corrected chi connectivity index (χ4v) is 1.52. The average Bonchev–Trinajstić information content (AvgIpc) is 2.65. The van der Waals surface area contributed by atoms with Gasteiger partial charge in [0.25, 0.3) is 0 Å². The molecule has 4 heteroatoms. The van der Waals surface area contributed by atoms with Gasteiger partial charge in [-0.3, -0.25) is 4.68 Å². The third kappa shape index (κ3) is 1.89. The Hall–Kier alpha value is -1.68. The molecule has 1 heterocycles. The van der Waals surface area contributed by atoms with E-state index >= 15 is 0 Å². The van der Waals surface area contributed by atoms with Crippen molar-refractivity contribution < 1.29 is 4.39 Å². The predicted molar refractivity (Wildman–Crippen MR) is 56.5 cm³/mol. The zero-order valence-electron chi connectivity index (χ0n) is 8.44. The van der Waals surface area contributed by atoms with Crippen LogP contribution in [-0.4, -0.2) is 9.78 Å². The number of benzene rings is 1. The second kappa shape index (κ2) is 3.82. The van der Waals surface area contributed by atoms with E-state index in [0.29, 0.717) is 6.54 Å². The lowest BCUT2D eigenvalue weighted by Gasteiger charge is -2.04. The normalized spacial score (nSPS) is 10.6. The molecule has 0 bridgehead atoms. The summed E-state index contributed by atoms with van der Waals surface area (Å²) >= 11 is 0. The Morgan fingerprint density at radius 3 is 2.80 bits per heavy atom. The molecule has 3 nitrogen and oxygen atoms in total. The molecule has 0 aliphatic heterocycles. The smallest absolute Gasteiger partial charge is 0.123 e. The summed E-state index contributed by atoms with van der Waals surface area (Å²) in [6.07, 6.45) is 1.82. The van der Waals surface area contributed by atoms with Crippen molar-refractivity contribution in [2.75, 3.05) is 0 Å². The Balaban J connectivity index is 2.55. The van der Waals surface area contributed by atoms with Gasteiger partial charge in [-0.1, -0.05) is 6.07 Å². The molecule has 78 valence electrons. The van der Waals surface area contributed by atoms with Crippen LogP contribution in [0.15, 0.2) is 30.5 Å². The minimum absolute atomic E-state index is 0.271. The molecule has 0 aliphatic carbocycles. The van der Waals surface area contributed by atoms with E-state index in [4.69, 9.17) is 5.73 Å². The zero-order chi connectivity index (χ0) is 10.8. The lowest BCUT2D eigenvalue weighted by molar-refractivity contribution is 0.627. The number of aryl methyl sites for hydroxylation is 1. The first-order valence-electron chi connectivity index (χ1n) is 4.69. The van der Waals surface area contributed by atoms with Crippen LogP contribution in [-0.2, 0) is 13.6 Å². The van der Waals surface area contributed by atoms with Crippen LogP contribution >= 0.6 is 0 Å². The molecule has 0 unspecified atom stereocenters. The van der Waals surface area contributed by atoms with E-state index in [1.54, 1.807) is 10.7 Å². The number of nitrogens with two attached hydrogens (primary N) is 1. The van der Waals surface area contributed by atoms with Crippen molar-refractivity contribution in [3.05, 3.63) is 41.8 Å². The topological polar surface area (TPSA) is 43.8 Å². The van der Waals surface area contributed by atoms with E-state index in [9.17, 15) is 4.39 Å². The molecule has 2 N–H and O–H groups in total. The highest BCUT2D eigenvalue weighted by Crippen LogP contribution is 2.22. The molecule has 0 saturated carbocycles. The molecule has 1 aromatic carbocycles. The summed E-state index contributed by atoms with van der Waals surface area (Å²) in [4.78, 5) is 0. The second-order valence-electron chi connectivity index (χ2n) is 3.38. The van der Waals surface area contributed by atoms with Gasteiger partial charge < -0.3 is 5.73 Å². The third-order valence-electron chi connectivity index (χ3n) is 2.28. The van der Waals surface area contributed by atoms with Gasteiger partial charge in [0.2, 0.25) is 0 Å². The molecule has 2 aromatic rings. The molecule has 0 radical (unpaired) electrons. The van der Waals surface area contributed by atoms with Crippen LogP contribution < -0.4 is 5.73 Å². The van der Waals surface area contributed by atoms with Crippen molar-refractivity contribution in [3.63, 3.8) is 0 Å². The molecule has 0 fully saturated rings.